The molecule has 1 heterocycles. The van der Waals surface area contributed by atoms with Crippen molar-refractivity contribution in [3.8, 4) is 0 Å². The molecule has 1 aliphatic carbocycles. The Balaban J connectivity index is 1.84. The van der Waals surface area contributed by atoms with Crippen molar-refractivity contribution in [1.82, 2.24) is 0 Å². The van der Waals surface area contributed by atoms with E-state index in [4.69, 9.17) is 5.73 Å². The maximum absolute atomic E-state index is 6.34. The van der Waals surface area contributed by atoms with Crippen LogP contribution in [0.15, 0.2) is 17.5 Å². The number of hydrogen-bond donors (Lipinski definition) is 1. The second-order valence-corrected chi connectivity index (χ2v) is 6.09. The van der Waals surface area contributed by atoms with Crippen LogP contribution in [0.5, 0.6) is 0 Å². The molecule has 1 aliphatic rings. The van der Waals surface area contributed by atoms with E-state index in [-0.39, 0.29) is 0 Å². The number of hydrogen-bond acceptors (Lipinski definition) is 2. The normalized spacial score (nSPS) is 27.9. The van der Waals surface area contributed by atoms with E-state index in [2.05, 4.69) is 24.4 Å². The molecule has 0 saturated heterocycles. The zero-order valence-corrected chi connectivity index (χ0v) is 11.0. The lowest BCUT2D eigenvalue weighted by atomic mass is 9.77. The summed E-state index contributed by atoms with van der Waals surface area (Å²) in [7, 11) is 0. The smallest absolute Gasteiger partial charge is 0.0418 e. The summed E-state index contributed by atoms with van der Waals surface area (Å²) in [5, 5.41) is 2.14. The monoisotopic (exact) mass is 237 g/mol. The summed E-state index contributed by atoms with van der Waals surface area (Å²) in [6.07, 6.45) is 8.23. The van der Waals surface area contributed by atoms with Gasteiger partial charge in [-0.2, -0.15) is 0 Å². The maximum Gasteiger partial charge on any atom is 0.0418 e. The van der Waals surface area contributed by atoms with E-state index < -0.39 is 0 Å². The summed E-state index contributed by atoms with van der Waals surface area (Å²) in [5.41, 5.74) is 6.34. The maximum atomic E-state index is 6.34. The molecule has 2 rings (SSSR count). The van der Waals surface area contributed by atoms with Gasteiger partial charge in [-0.1, -0.05) is 38.7 Å². The van der Waals surface area contributed by atoms with Crippen LogP contribution in [0.1, 0.15) is 56.4 Å². The van der Waals surface area contributed by atoms with Gasteiger partial charge in [0.2, 0.25) is 0 Å². The van der Waals surface area contributed by atoms with E-state index in [1.165, 1.54) is 43.4 Å². The van der Waals surface area contributed by atoms with Gasteiger partial charge in [-0.15, -0.1) is 11.3 Å². The summed E-state index contributed by atoms with van der Waals surface area (Å²) >= 11 is 1.81. The van der Waals surface area contributed by atoms with Gasteiger partial charge in [-0.05, 0) is 36.1 Å². The molecule has 1 unspecified atom stereocenters. The highest BCUT2D eigenvalue weighted by Gasteiger charge is 2.26. The van der Waals surface area contributed by atoms with Crippen molar-refractivity contribution in [2.75, 3.05) is 0 Å². The molecule has 1 atom stereocenters. The van der Waals surface area contributed by atoms with Crippen molar-refractivity contribution >= 4 is 11.3 Å². The fourth-order valence-corrected chi connectivity index (χ4v) is 3.78. The molecule has 0 spiro atoms. The van der Waals surface area contributed by atoms with Crippen LogP contribution >= 0.6 is 11.3 Å². The van der Waals surface area contributed by atoms with Crippen molar-refractivity contribution in [1.29, 1.82) is 0 Å². The number of rotatable bonds is 4. The van der Waals surface area contributed by atoms with E-state index in [9.17, 15) is 0 Å². The highest BCUT2D eigenvalue weighted by atomic mass is 32.1. The molecular formula is C14H23NS. The van der Waals surface area contributed by atoms with Crippen molar-refractivity contribution < 1.29 is 0 Å². The van der Waals surface area contributed by atoms with Crippen molar-refractivity contribution in [3.63, 3.8) is 0 Å². The first-order chi connectivity index (χ1) is 7.81. The highest BCUT2D eigenvalue weighted by Crippen LogP contribution is 2.38. The van der Waals surface area contributed by atoms with Crippen LogP contribution in [-0.2, 0) is 0 Å². The van der Waals surface area contributed by atoms with Gasteiger partial charge in [-0.3, -0.25) is 0 Å². The molecule has 1 saturated carbocycles. The molecule has 0 aromatic carbocycles. The van der Waals surface area contributed by atoms with E-state index in [1.807, 2.05) is 11.3 Å². The largest absolute Gasteiger partial charge is 0.323 e. The Morgan fingerprint density at radius 1 is 1.38 bits per heavy atom. The van der Waals surface area contributed by atoms with Gasteiger partial charge in [0.05, 0.1) is 0 Å². The fraction of sp³-hybridized carbons (Fsp3) is 0.714. The van der Waals surface area contributed by atoms with Gasteiger partial charge in [0.25, 0.3) is 0 Å². The molecule has 0 radical (unpaired) electrons. The average Bonchev–Trinajstić information content (AvgIpc) is 2.83. The van der Waals surface area contributed by atoms with E-state index >= 15 is 0 Å². The minimum absolute atomic E-state index is 0.294. The second kappa shape index (κ2) is 5.83. The summed E-state index contributed by atoms with van der Waals surface area (Å²) in [6, 6.07) is 4.60. The van der Waals surface area contributed by atoms with Crippen LogP contribution in [-0.4, -0.2) is 0 Å². The van der Waals surface area contributed by atoms with Crippen LogP contribution in [0, 0.1) is 11.8 Å². The Morgan fingerprint density at radius 2 is 2.12 bits per heavy atom. The summed E-state index contributed by atoms with van der Waals surface area (Å²) in [5.74, 6) is 1.71. The molecule has 1 nitrogen and oxygen atoms in total. The molecule has 1 aromatic rings. The molecule has 1 fully saturated rings. The third-order valence-electron chi connectivity index (χ3n) is 3.97. The lowest BCUT2D eigenvalue weighted by Crippen LogP contribution is -2.25. The quantitative estimate of drug-likeness (QED) is 0.827. The Bertz CT molecular complexity index is 286. The minimum atomic E-state index is 0.294. The molecule has 90 valence electrons. The Hall–Kier alpha value is -0.340. The third-order valence-corrected chi connectivity index (χ3v) is 4.94. The molecule has 0 aliphatic heterocycles. The molecule has 0 bridgehead atoms. The topological polar surface area (TPSA) is 26.0 Å². The number of nitrogens with two attached hydrogens (primary N) is 1. The van der Waals surface area contributed by atoms with Gasteiger partial charge >= 0.3 is 0 Å². The summed E-state index contributed by atoms with van der Waals surface area (Å²) < 4.78 is 0. The van der Waals surface area contributed by atoms with Crippen LogP contribution in [0.4, 0.5) is 0 Å². The lowest BCUT2D eigenvalue weighted by Gasteiger charge is -2.31. The van der Waals surface area contributed by atoms with Gasteiger partial charge in [0.15, 0.2) is 0 Å². The van der Waals surface area contributed by atoms with Crippen LogP contribution in [0.2, 0.25) is 0 Å². The molecular weight excluding hydrogens is 214 g/mol. The van der Waals surface area contributed by atoms with Crippen LogP contribution < -0.4 is 5.73 Å². The Kier molecular flexibility index (Phi) is 4.42. The Labute approximate surface area is 103 Å². The fourth-order valence-electron chi connectivity index (χ4n) is 2.96. The predicted molar refractivity (Wildman–Crippen MR) is 71.6 cm³/mol. The van der Waals surface area contributed by atoms with Gasteiger partial charge in [0.1, 0.15) is 0 Å². The Morgan fingerprint density at radius 3 is 2.69 bits per heavy atom. The standard InChI is InChI=1S/C14H23NS/c1-2-4-11-6-8-12(9-7-11)14(15)13-5-3-10-16-13/h3,5,10-12,14H,2,4,6-9,15H2,1H3. The van der Waals surface area contributed by atoms with E-state index in [0.717, 1.165) is 11.8 Å². The lowest BCUT2D eigenvalue weighted by molar-refractivity contribution is 0.236. The van der Waals surface area contributed by atoms with Gasteiger partial charge < -0.3 is 5.73 Å². The van der Waals surface area contributed by atoms with Crippen LogP contribution in [0.25, 0.3) is 0 Å². The zero-order valence-electron chi connectivity index (χ0n) is 10.2. The average molecular weight is 237 g/mol. The second-order valence-electron chi connectivity index (χ2n) is 5.11. The summed E-state index contributed by atoms with van der Waals surface area (Å²) in [6.45, 7) is 2.30. The first-order valence-electron chi connectivity index (χ1n) is 6.60. The van der Waals surface area contributed by atoms with Crippen molar-refractivity contribution in [3.05, 3.63) is 22.4 Å². The minimum Gasteiger partial charge on any atom is -0.323 e. The van der Waals surface area contributed by atoms with E-state index in [1.54, 1.807) is 0 Å². The molecule has 1 aromatic heterocycles. The third kappa shape index (κ3) is 2.86. The van der Waals surface area contributed by atoms with Crippen molar-refractivity contribution in [2.24, 2.45) is 17.6 Å². The summed E-state index contributed by atoms with van der Waals surface area (Å²) in [4.78, 5) is 1.37. The zero-order chi connectivity index (χ0) is 11.4. The molecule has 2 heteroatoms. The van der Waals surface area contributed by atoms with Gasteiger partial charge in [-0.25, -0.2) is 0 Å². The molecule has 0 amide bonds. The number of thiophene rings is 1. The SMILES string of the molecule is CCCC1CCC(C(N)c2cccs2)CC1. The highest BCUT2D eigenvalue weighted by molar-refractivity contribution is 7.10. The van der Waals surface area contributed by atoms with Crippen LogP contribution in [0.3, 0.4) is 0 Å². The van der Waals surface area contributed by atoms with Gasteiger partial charge in [0, 0.05) is 10.9 Å². The predicted octanol–water partition coefficient (Wildman–Crippen LogP) is 4.35. The molecule has 2 N–H and O–H groups in total. The van der Waals surface area contributed by atoms with E-state index in [0.29, 0.717) is 6.04 Å². The first-order valence-corrected chi connectivity index (χ1v) is 7.48. The first kappa shape index (κ1) is 12.1. The molecule has 16 heavy (non-hydrogen) atoms. The van der Waals surface area contributed by atoms with Crippen molar-refractivity contribution in [2.45, 2.75) is 51.5 Å².